The number of amides is 2. The van der Waals surface area contributed by atoms with Gasteiger partial charge in [0.1, 0.15) is 25.1 Å². The number of carbonyl (C=O) groups excluding carboxylic acids is 2. The molecular formula is C31H29Cl2NO5. The van der Waals surface area contributed by atoms with Crippen molar-refractivity contribution in [3.8, 4) is 17.6 Å². The Bertz CT molecular complexity index is 1370. The van der Waals surface area contributed by atoms with Crippen LogP contribution >= 0.6 is 23.2 Å². The molecule has 0 radical (unpaired) electrons. The quantitative estimate of drug-likeness (QED) is 0.283. The molecule has 4 rings (SSSR count). The molecule has 202 valence electrons. The van der Waals surface area contributed by atoms with E-state index in [2.05, 4.69) is 11.8 Å². The van der Waals surface area contributed by atoms with Crippen LogP contribution in [-0.4, -0.2) is 48.4 Å². The van der Waals surface area contributed by atoms with E-state index in [0.717, 1.165) is 11.1 Å². The first kappa shape index (κ1) is 28.5. The van der Waals surface area contributed by atoms with Gasteiger partial charge in [0.2, 0.25) is 0 Å². The van der Waals surface area contributed by atoms with Crippen molar-refractivity contribution in [1.29, 1.82) is 0 Å². The molecular weight excluding hydrogens is 537 g/mol. The number of imide groups is 1. The van der Waals surface area contributed by atoms with Crippen LogP contribution in [0.1, 0.15) is 30.5 Å². The predicted octanol–water partition coefficient (Wildman–Crippen LogP) is 6.35. The Kier molecular flexibility index (Phi) is 9.89. The molecule has 3 aromatic rings. The van der Waals surface area contributed by atoms with Gasteiger partial charge in [0.15, 0.2) is 0 Å². The zero-order valence-corrected chi connectivity index (χ0v) is 23.2. The molecule has 0 aromatic heterocycles. The lowest BCUT2D eigenvalue weighted by Gasteiger charge is -2.26. The molecule has 6 nitrogen and oxygen atoms in total. The Morgan fingerprint density at radius 2 is 1.82 bits per heavy atom. The zero-order chi connectivity index (χ0) is 27.8. The number of carbonyl (C=O) groups is 2. The first-order valence-electron chi connectivity index (χ1n) is 12.6. The van der Waals surface area contributed by atoms with E-state index in [4.69, 9.17) is 37.4 Å². The van der Waals surface area contributed by atoms with Crippen LogP contribution in [0.25, 0.3) is 0 Å². The summed E-state index contributed by atoms with van der Waals surface area (Å²) in [5, 5.41) is 1.02. The minimum absolute atomic E-state index is 0.147. The van der Waals surface area contributed by atoms with Crippen LogP contribution in [0.15, 0.2) is 72.8 Å². The number of cyclic esters (lactones) is 1. The first-order chi connectivity index (χ1) is 18.8. The Morgan fingerprint density at radius 1 is 1.05 bits per heavy atom. The van der Waals surface area contributed by atoms with Gasteiger partial charge in [-0.1, -0.05) is 77.5 Å². The van der Waals surface area contributed by atoms with E-state index in [1.165, 1.54) is 4.90 Å². The van der Waals surface area contributed by atoms with Crippen LogP contribution in [0, 0.1) is 11.8 Å². The van der Waals surface area contributed by atoms with Crippen molar-refractivity contribution in [3.05, 3.63) is 99.5 Å². The third kappa shape index (κ3) is 8.00. The summed E-state index contributed by atoms with van der Waals surface area (Å²) in [7, 11) is 0. The summed E-state index contributed by atoms with van der Waals surface area (Å²) >= 11 is 12.1. The topological polar surface area (TPSA) is 65.1 Å². The Balaban J connectivity index is 1.43. The second-order valence-electron chi connectivity index (χ2n) is 9.37. The van der Waals surface area contributed by atoms with Crippen LogP contribution in [0.3, 0.4) is 0 Å². The molecule has 1 saturated heterocycles. The number of hydrogen-bond donors (Lipinski definition) is 0. The van der Waals surface area contributed by atoms with Gasteiger partial charge in [0.05, 0.1) is 17.2 Å². The highest BCUT2D eigenvalue weighted by atomic mass is 35.5. The second-order valence-corrected chi connectivity index (χ2v) is 10.2. The molecule has 2 atom stereocenters. The summed E-state index contributed by atoms with van der Waals surface area (Å²) in [6.45, 7) is 4.01. The molecule has 8 heteroatoms. The van der Waals surface area contributed by atoms with E-state index in [-0.39, 0.29) is 25.7 Å². The third-order valence-electron chi connectivity index (χ3n) is 6.01. The monoisotopic (exact) mass is 565 g/mol. The lowest BCUT2D eigenvalue weighted by molar-refractivity contribution is -0.144. The fourth-order valence-electron chi connectivity index (χ4n) is 4.26. The lowest BCUT2D eigenvalue weighted by atomic mass is 10.0. The summed E-state index contributed by atoms with van der Waals surface area (Å²) in [5.41, 5.74) is 2.51. The average Bonchev–Trinajstić information content (AvgIpc) is 3.27. The second kappa shape index (κ2) is 13.5. The van der Waals surface area contributed by atoms with Crippen molar-refractivity contribution < 1.29 is 23.8 Å². The summed E-state index contributed by atoms with van der Waals surface area (Å²) in [6, 6.07) is 21.8. The fourth-order valence-corrected chi connectivity index (χ4v) is 4.72. The van der Waals surface area contributed by atoms with Crippen LogP contribution < -0.4 is 4.74 Å². The van der Waals surface area contributed by atoms with Crippen molar-refractivity contribution >= 4 is 35.2 Å². The van der Waals surface area contributed by atoms with Gasteiger partial charge in [-0.3, -0.25) is 4.79 Å². The highest BCUT2D eigenvalue weighted by Crippen LogP contribution is 2.23. The summed E-state index contributed by atoms with van der Waals surface area (Å²) in [4.78, 5) is 27.4. The summed E-state index contributed by atoms with van der Waals surface area (Å²) in [5.74, 6) is 6.10. The first-order valence-corrected chi connectivity index (χ1v) is 13.4. The Hall–Kier alpha value is -3.50. The molecule has 0 spiro atoms. The largest absolute Gasteiger partial charge is 0.481 e. The number of halogens is 2. The zero-order valence-electron chi connectivity index (χ0n) is 21.7. The highest BCUT2D eigenvalue weighted by molar-refractivity contribution is 6.35. The molecule has 0 aliphatic carbocycles. The smallest absolute Gasteiger partial charge is 0.417 e. The van der Waals surface area contributed by atoms with Gasteiger partial charge in [-0.05, 0) is 61.7 Å². The van der Waals surface area contributed by atoms with E-state index < -0.39 is 24.1 Å². The van der Waals surface area contributed by atoms with Crippen LogP contribution in [0.2, 0.25) is 10.0 Å². The number of rotatable bonds is 9. The van der Waals surface area contributed by atoms with Gasteiger partial charge >= 0.3 is 6.09 Å². The Morgan fingerprint density at radius 3 is 2.56 bits per heavy atom. The molecule has 0 N–H and O–H groups in total. The molecule has 2 amide bonds. The maximum absolute atomic E-state index is 13.6. The van der Waals surface area contributed by atoms with E-state index >= 15 is 0 Å². The summed E-state index contributed by atoms with van der Waals surface area (Å²) in [6.07, 6.45) is -0.953. The standard InChI is InChI=1S/C31H29Cl2NO5/c1-21(2)39-29(30(35)34-26(20-38-31(34)36)16-22-8-4-3-5-9-22)18-23-10-6-12-27(17-23)37-15-7-11-24-13-14-25(32)19-28(24)33/h3-6,8-10,12-14,17,19,21,26,29H,15-16,18,20H2,1-2H3. The summed E-state index contributed by atoms with van der Waals surface area (Å²) < 4.78 is 17.1. The van der Waals surface area contributed by atoms with Gasteiger partial charge in [-0.15, -0.1) is 0 Å². The SMILES string of the molecule is CC(C)OC(Cc1cccc(OCC#Cc2ccc(Cl)cc2Cl)c1)C(=O)N1C(=O)OCC1Cc1ccccc1. The minimum atomic E-state index is -0.865. The highest BCUT2D eigenvalue weighted by Gasteiger charge is 2.41. The van der Waals surface area contributed by atoms with E-state index in [1.807, 2.05) is 68.4 Å². The fraction of sp³-hybridized carbons (Fsp3) is 0.290. The average molecular weight is 566 g/mol. The molecule has 39 heavy (non-hydrogen) atoms. The molecule has 2 unspecified atom stereocenters. The van der Waals surface area contributed by atoms with Gasteiger partial charge in [-0.25, -0.2) is 9.69 Å². The van der Waals surface area contributed by atoms with Gasteiger partial charge < -0.3 is 14.2 Å². The minimum Gasteiger partial charge on any atom is -0.481 e. The number of benzene rings is 3. The van der Waals surface area contributed by atoms with Crippen LogP contribution in [0.4, 0.5) is 4.79 Å². The van der Waals surface area contributed by atoms with Crippen LogP contribution in [0.5, 0.6) is 5.75 Å². The van der Waals surface area contributed by atoms with Crippen molar-refractivity contribution in [2.24, 2.45) is 0 Å². The van der Waals surface area contributed by atoms with Crippen molar-refractivity contribution in [2.45, 2.75) is 44.9 Å². The maximum atomic E-state index is 13.6. The molecule has 0 bridgehead atoms. The predicted molar refractivity (Wildman–Crippen MR) is 151 cm³/mol. The third-order valence-corrected chi connectivity index (χ3v) is 6.56. The van der Waals surface area contributed by atoms with Gasteiger partial charge in [-0.2, -0.15) is 0 Å². The van der Waals surface area contributed by atoms with Crippen molar-refractivity contribution in [1.82, 2.24) is 4.90 Å². The number of nitrogens with zero attached hydrogens (tertiary/aromatic N) is 1. The molecule has 1 aliphatic rings. The lowest BCUT2D eigenvalue weighted by Crippen LogP contribution is -2.47. The van der Waals surface area contributed by atoms with E-state index in [0.29, 0.717) is 27.8 Å². The van der Waals surface area contributed by atoms with E-state index in [1.54, 1.807) is 18.2 Å². The van der Waals surface area contributed by atoms with E-state index in [9.17, 15) is 9.59 Å². The number of ether oxygens (including phenoxy) is 3. The molecule has 1 heterocycles. The van der Waals surface area contributed by atoms with Gasteiger partial charge in [0, 0.05) is 17.0 Å². The van der Waals surface area contributed by atoms with Gasteiger partial charge in [0.25, 0.3) is 5.91 Å². The number of hydrogen-bond acceptors (Lipinski definition) is 5. The normalized spacial score (nSPS) is 15.5. The van der Waals surface area contributed by atoms with Crippen LogP contribution in [-0.2, 0) is 27.1 Å². The molecule has 1 aliphatic heterocycles. The molecule has 3 aromatic carbocycles. The van der Waals surface area contributed by atoms with Crippen molar-refractivity contribution in [2.75, 3.05) is 13.2 Å². The molecule has 0 saturated carbocycles. The Labute approximate surface area is 238 Å². The van der Waals surface area contributed by atoms with Crippen molar-refractivity contribution in [3.63, 3.8) is 0 Å². The molecule has 1 fully saturated rings. The maximum Gasteiger partial charge on any atom is 0.417 e.